The topological polar surface area (TPSA) is 48.4 Å². The highest BCUT2D eigenvalue weighted by Gasteiger charge is 2.27. The molecule has 0 bridgehead atoms. The monoisotopic (exact) mass is 249 g/mol. The SMILES string of the molecule is CCCNc1cccc(N2CCC(C)(O)CC2)n1. The molecule has 0 spiro atoms. The summed E-state index contributed by atoms with van der Waals surface area (Å²) in [5.41, 5.74) is -0.505. The van der Waals surface area contributed by atoms with Crippen LogP contribution in [0, 0.1) is 0 Å². The second-order valence-corrected chi connectivity index (χ2v) is 5.29. The lowest BCUT2D eigenvalue weighted by atomic mass is 9.94. The van der Waals surface area contributed by atoms with E-state index >= 15 is 0 Å². The summed E-state index contributed by atoms with van der Waals surface area (Å²) >= 11 is 0. The van der Waals surface area contributed by atoms with Crippen molar-refractivity contribution < 1.29 is 5.11 Å². The molecule has 0 aromatic carbocycles. The Morgan fingerprint density at radius 1 is 1.39 bits per heavy atom. The molecule has 1 saturated heterocycles. The molecule has 4 heteroatoms. The number of rotatable bonds is 4. The molecule has 1 fully saturated rings. The van der Waals surface area contributed by atoms with Gasteiger partial charge in [-0.1, -0.05) is 13.0 Å². The molecule has 1 aromatic rings. The van der Waals surface area contributed by atoms with Crippen molar-refractivity contribution in [2.45, 2.75) is 38.7 Å². The number of hydrogen-bond donors (Lipinski definition) is 2. The van der Waals surface area contributed by atoms with E-state index in [2.05, 4.69) is 22.1 Å². The number of anilines is 2. The number of nitrogens with one attached hydrogen (secondary N) is 1. The van der Waals surface area contributed by atoms with E-state index in [9.17, 15) is 5.11 Å². The third-order valence-electron chi connectivity index (χ3n) is 3.46. The van der Waals surface area contributed by atoms with Crippen LogP contribution in [-0.4, -0.2) is 35.3 Å². The Kier molecular flexibility index (Phi) is 4.07. The molecule has 1 aliphatic rings. The normalized spacial score (nSPS) is 18.7. The fourth-order valence-electron chi connectivity index (χ4n) is 2.17. The van der Waals surface area contributed by atoms with E-state index in [0.717, 1.165) is 50.5 Å². The van der Waals surface area contributed by atoms with Gasteiger partial charge in [0.2, 0.25) is 0 Å². The third-order valence-corrected chi connectivity index (χ3v) is 3.46. The zero-order chi connectivity index (χ0) is 13.0. The molecule has 0 atom stereocenters. The lowest BCUT2D eigenvalue weighted by molar-refractivity contribution is 0.0350. The molecule has 4 nitrogen and oxygen atoms in total. The fraction of sp³-hybridized carbons (Fsp3) is 0.643. The Morgan fingerprint density at radius 2 is 2.11 bits per heavy atom. The predicted molar refractivity (Wildman–Crippen MR) is 75.1 cm³/mol. The quantitative estimate of drug-likeness (QED) is 0.859. The molecule has 0 aliphatic carbocycles. The van der Waals surface area contributed by atoms with Crippen LogP contribution in [0.5, 0.6) is 0 Å². The van der Waals surface area contributed by atoms with Crippen LogP contribution < -0.4 is 10.2 Å². The average molecular weight is 249 g/mol. The van der Waals surface area contributed by atoms with Crippen molar-refractivity contribution in [3.63, 3.8) is 0 Å². The second-order valence-electron chi connectivity index (χ2n) is 5.29. The summed E-state index contributed by atoms with van der Waals surface area (Å²) in [6.45, 7) is 6.75. The van der Waals surface area contributed by atoms with Gasteiger partial charge >= 0.3 is 0 Å². The van der Waals surface area contributed by atoms with Gasteiger partial charge in [0, 0.05) is 19.6 Å². The maximum absolute atomic E-state index is 9.95. The smallest absolute Gasteiger partial charge is 0.130 e. The van der Waals surface area contributed by atoms with Crippen LogP contribution in [0.1, 0.15) is 33.1 Å². The molecular formula is C14H23N3O. The Labute approximate surface area is 109 Å². The van der Waals surface area contributed by atoms with Crippen LogP contribution in [-0.2, 0) is 0 Å². The third kappa shape index (κ3) is 3.35. The van der Waals surface area contributed by atoms with Crippen molar-refractivity contribution in [3.8, 4) is 0 Å². The van der Waals surface area contributed by atoms with E-state index in [4.69, 9.17) is 0 Å². The molecular weight excluding hydrogens is 226 g/mol. The molecule has 2 heterocycles. The van der Waals surface area contributed by atoms with Gasteiger partial charge in [0.1, 0.15) is 11.6 Å². The van der Waals surface area contributed by atoms with Crippen molar-refractivity contribution >= 4 is 11.6 Å². The van der Waals surface area contributed by atoms with Gasteiger partial charge in [-0.05, 0) is 38.3 Å². The van der Waals surface area contributed by atoms with Gasteiger partial charge < -0.3 is 15.3 Å². The highest BCUT2D eigenvalue weighted by atomic mass is 16.3. The van der Waals surface area contributed by atoms with Crippen molar-refractivity contribution in [2.75, 3.05) is 29.9 Å². The molecule has 2 rings (SSSR count). The van der Waals surface area contributed by atoms with Gasteiger partial charge in [0.25, 0.3) is 0 Å². The molecule has 0 amide bonds. The molecule has 0 radical (unpaired) electrons. The van der Waals surface area contributed by atoms with Gasteiger partial charge in [-0.25, -0.2) is 4.98 Å². The lowest BCUT2D eigenvalue weighted by Gasteiger charge is -2.36. The largest absolute Gasteiger partial charge is 0.390 e. The maximum atomic E-state index is 9.95. The van der Waals surface area contributed by atoms with E-state index < -0.39 is 5.60 Å². The Morgan fingerprint density at radius 3 is 2.78 bits per heavy atom. The van der Waals surface area contributed by atoms with E-state index in [1.165, 1.54) is 0 Å². The number of pyridine rings is 1. The molecule has 1 aliphatic heterocycles. The first-order chi connectivity index (χ1) is 8.61. The van der Waals surface area contributed by atoms with Crippen LogP contribution in [0.25, 0.3) is 0 Å². The van der Waals surface area contributed by atoms with Crippen LogP contribution in [0.4, 0.5) is 11.6 Å². The highest BCUT2D eigenvalue weighted by Crippen LogP contribution is 2.25. The molecule has 1 aromatic heterocycles. The minimum Gasteiger partial charge on any atom is -0.390 e. The van der Waals surface area contributed by atoms with Crippen LogP contribution in [0.15, 0.2) is 18.2 Å². The summed E-state index contributed by atoms with van der Waals surface area (Å²) < 4.78 is 0. The van der Waals surface area contributed by atoms with Crippen molar-refractivity contribution in [1.82, 2.24) is 4.98 Å². The van der Waals surface area contributed by atoms with Gasteiger partial charge in [-0.15, -0.1) is 0 Å². The highest BCUT2D eigenvalue weighted by molar-refractivity contribution is 5.47. The first kappa shape index (κ1) is 13.1. The van der Waals surface area contributed by atoms with E-state index in [0.29, 0.717) is 0 Å². The minimum absolute atomic E-state index is 0.505. The Bertz CT molecular complexity index is 382. The summed E-state index contributed by atoms with van der Waals surface area (Å²) in [6.07, 6.45) is 2.71. The number of nitrogens with zero attached hydrogens (tertiary/aromatic N) is 2. The fourth-order valence-corrected chi connectivity index (χ4v) is 2.17. The van der Waals surface area contributed by atoms with E-state index in [-0.39, 0.29) is 0 Å². The minimum atomic E-state index is -0.505. The van der Waals surface area contributed by atoms with Gasteiger partial charge in [-0.3, -0.25) is 0 Å². The predicted octanol–water partition coefficient (Wildman–Crippen LogP) is 2.25. The zero-order valence-electron chi connectivity index (χ0n) is 11.3. The second kappa shape index (κ2) is 5.57. The lowest BCUT2D eigenvalue weighted by Crippen LogP contribution is -2.42. The molecule has 100 valence electrons. The van der Waals surface area contributed by atoms with Crippen molar-refractivity contribution in [3.05, 3.63) is 18.2 Å². The van der Waals surface area contributed by atoms with E-state index in [1.807, 2.05) is 25.1 Å². The maximum Gasteiger partial charge on any atom is 0.130 e. The summed E-state index contributed by atoms with van der Waals surface area (Å²) in [5.74, 6) is 1.94. The standard InChI is InChI=1S/C14H23N3O/c1-3-9-15-12-5-4-6-13(16-12)17-10-7-14(2,18)8-11-17/h4-6,18H,3,7-11H2,1-2H3,(H,15,16). The number of aliphatic hydroxyl groups is 1. The molecule has 2 N–H and O–H groups in total. The summed E-state index contributed by atoms with van der Waals surface area (Å²) in [4.78, 5) is 6.86. The molecule has 0 saturated carbocycles. The van der Waals surface area contributed by atoms with Gasteiger partial charge in [0.05, 0.1) is 5.60 Å². The van der Waals surface area contributed by atoms with Gasteiger partial charge in [0.15, 0.2) is 0 Å². The summed E-state index contributed by atoms with van der Waals surface area (Å²) in [6, 6.07) is 6.07. The first-order valence-electron chi connectivity index (χ1n) is 6.79. The van der Waals surface area contributed by atoms with Crippen molar-refractivity contribution in [1.29, 1.82) is 0 Å². The number of aromatic nitrogens is 1. The number of piperidine rings is 1. The van der Waals surface area contributed by atoms with E-state index in [1.54, 1.807) is 0 Å². The van der Waals surface area contributed by atoms with Crippen molar-refractivity contribution in [2.24, 2.45) is 0 Å². The van der Waals surface area contributed by atoms with Gasteiger partial charge in [-0.2, -0.15) is 0 Å². The first-order valence-corrected chi connectivity index (χ1v) is 6.79. The molecule has 0 unspecified atom stereocenters. The van der Waals surface area contributed by atoms with Crippen LogP contribution in [0.3, 0.4) is 0 Å². The van der Waals surface area contributed by atoms with Crippen LogP contribution >= 0.6 is 0 Å². The van der Waals surface area contributed by atoms with Crippen LogP contribution in [0.2, 0.25) is 0 Å². The summed E-state index contributed by atoms with van der Waals surface area (Å²) in [7, 11) is 0. The molecule has 18 heavy (non-hydrogen) atoms. The Hall–Kier alpha value is -1.29. The zero-order valence-corrected chi connectivity index (χ0v) is 11.3. The number of hydrogen-bond acceptors (Lipinski definition) is 4. The average Bonchev–Trinajstić information content (AvgIpc) is 2.37. The Balaban J connectivity index is 2.00. The summed E-state index contributed by atoms with van der Waals surface area (Å²) in [5, 5.41) is 13.3.